The number of nitrogens with zero attached hydrogens (tertiary/aromatic N) is 6. The van der Waals surface area contributed by atoms with Gasteiger partial charge in [0.2, 0.25) is 0 Å². The monoisotopic (exact) mass is 1050 g/mol. The average Bonchev–Trinajstić information content (AvgIpc) is 3.82. The number of methoxy groups -OCH3 is 1. The molecule has 2 aromatic rings. The van der Waals surface area contributed by atoms with E-state index in [1.807, 2.05) is 51.6 Å². The van der Waals surface area contributed by atoms with Gasteiger partial charge in [0.25, 0.3) is 5.69 Å². The molecule has 4 heterocycles. The Bertz CT molecular complexity index is 2100. The lowest BCUT2D eigenvalue weighted by molar-refractivity contribution is -0.384. The molecule has 6 N–H and O–H groups in total. The molecule has 19 atom stereocenters. The Balaban J connectivity index is 0.00000585. The van der Waals surface area contributed by atoms with Crippen molar-refractivity contribution in [1.29, 1.82) is 0 Å². The number of carbonyl (C=O) groups excluding carboxylic acids is 1. The molecule has 0 radical (unpaired) electrons. The normalized spacial score (nSPS) is 38.4. The molecule has 0 saturated carbocycles. The predicted octanol–water partition coefficient (Wildman–Crippen LogP) is 3.91. The fourth-order valence-electron chi connectivity index (χ4n) is 11.0. The van der Waals surface area contributed by atoms with E-state index in [2.05, 4.69) is 10.3 Å². The molecule has 3 aliphatic heterocycles. The number of aliphatic hydroxyl groups excluding tert-OH is 3. The zero-order valence-corrected chi connectivity index (χ0v) is 46.2. The number of aliphatic hydroxyl groups is 5. The lowest BCUT2D eigenvalue weighted by Gasteiger charge is -2.49. The number of nitro groups is 1. The number of aromatic nitrogens is 3. The number of carboxylic acid groups (broad SMARTS) is 1. The fraction of sp³-hybridized carbons (Fsp3) is 0.808. The summed E-state index contributed by atoms with van der Waals surface area (Å²) in [5.41, 5.74) is -3.70. The van der Waals surface area contributed by atoms with Crippen molar-refractivity contribution in [3.63, 3.8) is 0 Å². The molecule has 1 aromatic heterocycles. The minimum Gasteiger partial charge on any atom is -0.480 e. The number of hydrogen-bond donors (Lipinski definition) is 6. The number of carbonyl (C=O) groups is 2. The summed E-state index contributed by atoms with van der Waals surface area (Å²) in [7, 11) is 5.12. The third-order valence-corrected chi connectivity index (χ3v) is 15.6. The first-order valence-electron chi connectivity index (χ1n) is 26.2. The first-order valence-corrected chi connectivity index (χ1v) is 26.2. The molecule has 0 amide bonds. The Hall–Kier alpha value is -3.78. The number of ether oxygens (including phenoxy) is 6. The van der Waals surface area contributed by atoms with Gasteiger partial charge < -0.3 is 68.9 Å². The molecular formula is C52H88N6O16. The number of hydrogen-bond acceptors (Lipinski definition) is 19. The molecule has 3 aliphatic rings. The lowest BCUT2D eigenvalue weighted by atomic mass is 9.77. The Morgan fingerprint density at radius 2 is 1.64 bits per heavy atom. The Morgan fingerprint density at radius 1 is 1.00 bits per heavy atom. The van der Waals surface area contributed by atoms with Crippen molar-refractivity contribution in [2.75, 3.05) is 34.3 Å². The van der Waals surface area contributed by atoms with E-state index in [9.17, 15) is 50.3 Å². The van der Waals surface area contributed by atoms with Gasteiger partial charge in [-0.15, -0.1) is 5.10 Å². The number of cyclic esters (lactones) is 1. The molecule has 0 unspecified atom stereocenters. The number of nitro benzene ring substituents is 1. The molecular weight excluding hydrogens is 965 g/mol. The van der Waals surface area contributed by atoms with Gasteiger partial charge in [-0.05, 0) is 93.3 Å². The smallest absolute Gasteiger partial charge is 0.328 e. The van der Waals surface area contributed by atoms with Gasteiger partial charge in [-0.25, -0.2) is 9.48 Å². The van der Waals surface area contributed by atoms with E-state index in [0.717, 1.165) is 0 Å². The maximum absolute atomic E-state index is 14.5. The number of carboxylic acids is 1. The van der Waals surface area contributed by atoms with E-state index >= 15 is 0 Å². The molecule has 0 spiro atoms. The fourth-order valence-corrected chi connectivity index (χ4v) is 11.0. The van der Waals surface area contributed by atoms with Crippen LogP contribution in [-0.2, 0) is 50.9 Å². The van der Waals surface area contributed by atoms with Crippen molar-refractivity contribution in [3.8, 4) is 0 Å². The van der Waals surface area contributed by atoms with Gasteiger partial charge in [0.05, 0.1) is 52.2 Å². The topological polar surface area (TPSA) is 291 Å². The second-order valence-corrected chi connectivity index (χ2v) is 21.6. The van der Waals surface area contributed by atoms with Crippen LogP contribution >= 0.6 is 0 Å². The van der Waals surface area contributed by atoms with Crippen LogP contribution in [0.1, 0.15) is 126 Å². The number of benzene rings is 1. The first-order chi connectivity index (χ1) is 34.5. The molecule has 0 aliphatic carbocycles. The van der Waals surface area contributed by atoms with E-state index in [4.69, 9.17) is 28.4 Å². The van der Waals surface area contributed by atoms with Crippen LogP contribution < -0.4 is 0 Å². The van der Waals surface area contributed by atoms with Gasteiger partial charge >= 0.3 is 11.9 Å². The van der Waals surface area contributed by atoms with Gasteiger partial charge in [-0.3, -0.25) is 14.9 Å². The van der Waals surface area contributed by atoms with Crippen LogP contribution in [-0.4, -0.2) is 197 Å². The zero-order valence-electron chi connectivity index (χ0n) is 46.2. The summed E-state index contributed by atoms with van der Waals surface area (Å²) in [5.74, 6) is -4.12. The van der Waals surface area contributed by atoms with Crippen molar-refractivity contribution < 1.29 is 73.6 Å². The second kappa shape index (κ2) is 26.5. The molecule has 22 nitrogen and oxygen atoms in total. The lowest BCUT2D eigenvalue weighted by Crippen LogP contribution is -2.61. The number of likely N-dealkylation sites (N-methyl/N-ethyl adjacent to an activating group) is 2. The summed E-state index contributed by atoms with van der Waals surface area (Å²) in [6.07, 6.45) is -7.93. The molecule has 5 rings (SSSR count). The highest BCUT2D eigenvalue weighted by molar-refractivity contribution is 5.73. The molecule has 3 saturated heterocycles. The van der Waals surface area contributed by atoms with E-state index in [0.29, 0.717) is 37.2 Å². The Kier molecular flexibility index (Phi) is 22.5. The molecule has 422 valence electrons. The molecule has 22 heteroatoms. The highest BCUT2D eigenvalue weighted by Crippen LogP contribution is 2.40. The summed E-state index contributed by atoms with van der Waals surface area (Å²) in [6.45, 7) is 21.9. The van der Waals surface area contributed by atoms with Gasteiger partial charge in [0.1, 0.15) is 30.0 Å². The maximum Gasteiger partial charge on any atom is 0.328 e. The van der Waals surface area contributed by atoms with E-state index in [1.54, 1.807) is 54.7 Å². The van der Waals surface area contributed by atoms with Crippen molar-refractivity contribution in [3.05, 3.63) is 51.8 Å². The minimum atomic E-state index is -1.87. The summed E-state index contributed by atoms with van der Waals surface area (Å²) in [4.78, 5) is 41.2. The van der Waals surface area contributed by atoms with E-state index in [-0.39, 0.29) is 37.3 Å². The quantitative estimate of drug-likeness (QED) is 0.0837. The standard InChI is InChI=1S/C50H82N6O16.C2H6/c1-14-38-50(10,64)42(58)31(6)54(12)25-27(2)23-48(8,63)44(29(4)41(30(5)46(62)70-38)71-39-24-49(9,67-13)43(59)32(7)69-39)72-47-40(57)36(21-28(3)68-47)53(11)20-19-34-26-55(52-51-34)37(45(60)61)22-33-15-17-35(18-16-33)56(65)66;1-2/h15-18,26-32,36-44,47,57-59,63-64H,14,19-25H2,1-13H3,(H,60,61);1-2H3/t27-,28-,29+,30-,31-,32+,36+,37+,38-,39+,40-,41+,42-,43+,44-,47+,48-,49-,50-;/m1./s1. The second-order valence-electron chi connectivity index (χ2n) is 21.6. The third-order valence-electron chi connectivity index (χ3n) is 15.6. The van der Waals surface area contributed by atoms with Gasteiger partial charge in [-0.2, -0.15) is 0 Å². The van der Waals surface area contributed by atoms with Crippen molar-refractivity contribution in [1.82, 2.24) is 24.8 Å². The van der Waals surface area contributed by atoms with Crippen LogP contribution in [0.5, 0.6) is 0 Å². The third kappa shape index (κ3) is 15.0. The first kappa shape index (κ1) is 62.8. The highest BCUT2D eigenvalue weighted by atomic mass is 16.7. The SMILES string of the molecule is CC.CC[C@H]1OC(=O)[C@H](C)[C@@H](O[C@H]2C[C@@](C)(OC)[C@@H](O)[C@H](C)O2)[C@H](C)[C@@H](O[C@@H]2O[C@H](C)C[C@H](N(C)CCc3cn([C@@H](Cc4ccc([N+](=O)[O-])cc4)C(=O)O)nn3)[C@H]2O)[C@](C)(O)C[C@@H](C)CN(C)[C@H](C)[C@@H](O)[C@]1(C)O. The predicted molar refractivity (Wildman–Crippen MR) is 272 cm³/mol. The van der Waals surface area contributed by atoms with Gasteiger partial charge in [0, 0.05) is 75.8 Å². The van der Waals surface area contributed by atoms with Gasteiger partial charge in [-0.1, -0.05) is 52.0 Å². The number of esters is 1. The number of non-ortho nitro benzene ring substituents is 1. The average molecular weight is 1050 g/mol. The summed E-state index contributed by atoms with van der Waals surface area (Å²) in [5, 5.41) is 89.2. The summed E-state index contributed by atoms with van der Waals surface area (Å²) >= 11 is 0. The molecule has 1 aromatic carbocycles. The molecule has 3 fully saturated rings. The molecule has 74 heavy (non-hydrogen) atoms. The number of aliphatic carboxylic acids is 1. The van der Waals surface area contributed by atoms with E-state index < -0.39 is 125 Å². The van der Waals surface area contributed by atoms with E-state index in [1.165, 1.54) is 43.0 Å². The van der Waals surface area contributed by atoms with Crippen molar-refractivity contribution in [2.45, 2.75) is 218 Å². The Labute approximate surface area is 436 Å². The maximum atomic E-state index is 14.5. The zero-order chi connectivity index (χ0) is 55.8. The summed E-state index contributed by atoms with van der Waals surface area (Å²) in [6, 6.07) is 3.37. The van der Waals surface area contributed by atoms with Gasteiger partial charge in [0.15, 0.2) is 18.6 Å². The van der Waals surface area contributed by atoms with Crippen molar-refractivity contribution >= 4 is 17.6 Å². The Morgan fingerprint density at radius 3 is 2.22 bits per heavy atom. The van der Waals surface area contributed by atoms with Crippen LogP contribution in [0.4, 0.5) is 5.69 Å². The summed E-state index contributed by atoms with van der Waals surface area (Å²) < 4.78 is 39.4. The van der Waals surface area contributed by atoms with Crippen LogP contribution in [0.15, 0.2) is 30.5 Å². The van der Waals surface area contributed by atoms with Crippen LogP contribution in [0.25, 0.3) is 0 Å². The van der Waals surface area contributed by atoms with Crippen molar-refractivity contribution in [2.24, 2.45) is 17.8 Å². The van der Waals surface area contributed by atoms with Crippen LogP contribution in [0.3, 0.4) is 0 Å². The molecule has 0 bridgehead atoms. The van der Waals surface area contributed by atoms with Crippen LogP contribution in [0, 0.1) is 27.9 Å². The number of rotatable bonds is 15. The minimum absolute atomic E-state index is 0.0126. The van der Waals surface area contributed by atoms with Crippen LogP contribution in [0.2, 0.25) is 0 Å². The largest absolute Gasteiger partial charge is 0.480 e. The highest BCUT2D eigenvalue weighted by Gasteiger charge is 2.53.